The summed E-state index contributed by atoms with van der Waals surface area (Å²) < 4.78 is 22.3. The molecule has 0 heterocycles. The molecule has 3 atom stereocenters. The zero-order valence-electron chi connectivity index (χ0n) is 7.42. The fraction of sp³-hybridized carbons (Fsp3) is 0.600. The molecule has 7 nitrogen and oxygen atoms in total. The lowest BCUT2D eigenvalue weighted by Crippen LogP contribution is -2.18. The summed E-state index contributed by atoms with van der Waals surface area (Å²) in [6, 6.07) is 0. The van der Waals surface area contributed by atoms with Gasteiger partial charge in [0.2, 0.25) is 0 Å². The predicted octanol–water partition coefficient (Wildman–Crippen LogP) is -0.351. The molecule has 14 heavy (non-hydrogen) atoms. The van der Waals surface area contributed by atoms with Gasteiger partial charge in [0.1, 0.15) is 0 Å². The summed E-state index contributed by atoms with van der Waals surface area (Å²) >= 11 is 0. The van der Waals surface area contributed by atoms with Gasteiger partial charge in [-0.15, -0.1) is 6.58 Å². The Hall–Kier alpha value is -0.0000000000000000763. The third-order valence-corrected chi connectivity index (χ3v) is 2.28. The van der Waals surface area contributed by atoms with Crippen molar-refractivity contribution < 1.29 is 28.3 Å². The van der Waals surface area contributed by atoms with E-state index in [4.69, 9.17) is 20.6 Å². The van der Waals surface area contributed by atoms with Crippen LogP contribution in [-0.2, 0) is 13.4 Å². The van der Waals surface area contributed by atoms with Crippen LogP contribution >= 0.6 is 16.5 Å². The maximum Gasteiger partial charge on any atom is 0.323 e. The summed E-state index contributed by atoms with van der Waals surface area (Å²) in [6.45, 7) is 3.76. The van der Waals surface area contributed by atoms with E-state index in [1.807, 2.05) is 0 Å². The molecule has 0 aromatic heterocycles. The van der Waals surface area contributed by atoms with Crippen LogP contribution in [0, 0.1) is 0 Å². The van der Waals surface area contributed by atoms with Crippen LogP contribution in [0.2, 0.25) is 0 Å². The Kier molecular flexibility index (Phi) is 13.0. The molecule has 86 valence electrons. The number of nitrogens with two attached hydrogens (primary N) is 1. The summed E-state index contributed by atoms with van der Waals surface area (Å²) in [4.78, 5) is 15.4. The fourth-order valence-corrected chi connectivity index (χ4v) is 0.961. The van der Waals surface area contributed by atoms with E-state index in [1.165, 1.54) is 0 Å². The molecule has 0 aliphatic rings. The highest BCUT2D eigenvalue weighted by atomic mass is 31.2. The summed E-state index contributed by atoms with van der Waals surface area (Å²) in [5, 5.41) is 8.66. The molecule has 0 bridgehead atoms. The van der Waals surface area contributed by atoms with Crippen molar-refractivity contribution in [1.29, 1.82) is 0 Å². The molecule has 0 aromatic rings. The lowest BCUT2D eigenvalue weighted by atomic mass is 10.2. The molecule has 0 aliphatic heterocycles. The van der Waals surface area contributed by atoms with Gasteiger partial charge in [0.05, 0.1) is 6.10 Å². The lowest BCUT2D eigenvalue weighted by molar-refractivity contribution is 0.186. The maximum atomic E-state index is 9.44. The van der Waals surface area contributed by atoms with E-state index in [-0.39, 0.29) is 0 Å². The maximum absolute atomic E-state index is 9.44. The number of hydrogen-bond donors (Lipinski definition) is 4. The van der Waals surface area contributed by atoms with Crippen LogP contribution in [0.25, 0.3) is 0 Å². The average molecular weight is 247 g/mol. The van der Waals surface area contributed by atoms with Crippen molar-refractivity contribution in [3.63, 3.8) is 0 Å². The van der Waals surface area contributed by atoms with Crippen LogP contribution in [0.1, 0.15) is 6.42 Å². The van der Waals surface area contributed by atoms with Gasteiger partial charge in [0, 0.05) is 6.54 Å². The second-order valence-corrected chi connectivity index (χ2v) is 3.93. The van der Waals surface area contributed by atoms with E-state index in [2.05, 4.69) is 10.9 Å². The Balaban J connectivity index is 0. The molecule has 0 spiro atoms. The van der Waals surface area contributed by atoms with Crippen molar-refractivity contribution in [1.82, 2.24) is 0 Å². The Morgan fingerprint density at radius 3 is 1.93 bits per heavy atom. The van der Waals surface area contributed by atoms with Gasteiger partial charge in [0.25, 0.3) is 0 Å². The topological polar surface area (TPSA) is 130 Å². The Labute approximate surface area is 83.1 Å². The van der Waals surface area contributed by atoms with Crippen molar-refractivity contribution in [2.24, 2.45) is 5.73 Å². The zero-order chi connectivity index (χ0) is 11.6. The number of aliphatic hydroxyl groups is 1. The largest absolute Gasteiger partial charge is 0.391 e. The van der Waals surface area contributed by atoms with E-state index in [1.54, 1.807) is 6.08 Å². The second-order valence-electron chi connectivity index (χ2n) is 2.05. The summed E-state index contributed by atoms with van der Waals surface area (Å²) in [5.74, 6) is 0. The first-order valence-corrected chi connectivity index (χ1v) is 6.09. The average Bonchev–Trinajstić information content (AvgIpc) is 2.03. The highest BCUT2D eigenvalue weighted by molar-refractivity contribution is 7.46. The van der Waals surface area contributed by atoms with Crippen LogP contribution < -0.4 is 5.73 Å². The molecule has 0 fully saturated rings. The molecular weight excluding hydrogens is 232 g/mol. The molecule has 0 saturated carbocycles. The monoisotopic (exact) mass is 247 g/mol. The Morgan fingerprint density at radius 2 is 1.86 bits per heavy atom. The SMILES string of the molecule is C=CCC(O)CN.O=[PH](O)O[PH](=O)O. The van der Waals surface area contributed by atoms with Gasteiger partial charge in [-0.05, 0) is 6.42 Å². The molecule has 0 saturated heterocycles. The molecule has 3 unspecified atom stereocenters. The first-order chi connectivity index (χ1) is 6.43. The minimum absolute atomic E-state index is 0.325. The van der Waals surface area contributed by atoms with Gasteiger partial charge in [-0.25, -0.2) is 4.31 Å². The van der Waals surface area contributed by atoms with Gasteiger partial charge < -0.3 is 20.6 Å². The van der Waals surface area contributed by atoms with Gasteiger partial charge in [0.15, 0.2) is 0 Å². The van der Waals surface area contributed by atoms with Crippen molar-refractivity contribution >= 4 is 16.5 Å². The summed E-state index contributed by atoms with van der Waals surface area (Å²) in [5.41, 5.74) is 5.06. The van der Waals surface area contributed by atoms with Crippen molar-refractivity contribution in [2.45, 2.75) is 12.5 Å². The molecule has 0 rings (SSSR count). The Morgan fingerprint density at radius 1 is 1.43 bits per heavy atom. The quantitative estimate of drug-likeness (QED) is 0.385. The third-order valence-electron chi connectivity index (χ3n) is 0.885. The Bertz CT molecular complexity index is 187. The predicted molar refractivity (Wildman–Crippen MR) is 53.4 cm³/mol. The first kappa shape index (κ1) is 16.4. The van der Waals surface area contributed by atoms with Crippen LogP contribution in [0.4, 0.5) is 0 Å². The standard InChI is InChI=1S/C5H11NO.H4O5P2/c1-2-3-5(7)4-6;1-6(2)5-7(3)4/h2,5,7H,1,3-4,6H2;6-7H,(H,1,2)(H,3,4). The van der Waals surface area contributed by atoms with E-state index in [0.29, 0.717) is 13.0 Å². The van der Waals surface area contributed by atoms with Crippen molar-refractivity contribution in [2.75, 3.05) is 6.54 Å². The normalized spacial score (nSPS) is 16.0. The smallest absolute Gasteiger partial charge is 0.323 e. The van der Waals surface area contributed by atoms with Crippen LogP contribution in [0.5, 0.6) is 0 Å². The molecular formula is C5H15NO6P2. The van der Waals surface area contributed by atoms with Gasteiger partial charge >= 0.3 is 16.5 Å². The van der Waals surface area contributed by atoms with E-state index >= 15 is 0 Å². The number of aliphatic hydroxyl groups excluding tert-OH is 1. The molecule has 9 heteroatoms. The molecule has 5 N–H and O–H groups in total. The highest BCUT2D eigenvalue weighted by Crippen LogP contribution is 2.30. The minimum atomic E-state index is -3.20. The molecule has 0 aromatic carbocycles. The molecule has 0 amide bonds. The van der Waals surface area contributed by atoms with Crippen LogP contribution in [0.15, 0.2) is 12.7 Å². The molecule has 0 aliphatic carbocycles. The molecule has 0 radical (unpaired) electrons. The van der Waals surface area contributed by atoms with Gasteiger partial charge in [-0.3, -0.25) is 9.13 Å². The van der Waals surface area contributed by atoms with Gasteiger partial charge in [-0.2, -0.15) is 0 Å². The number of hydrogen-bond acceptors (Lipinski definition) is 5. The van der Waals surface area contributed by atoms with E-state index < -0.39 is 22.6 Å². The van der Waals surface area contributed by atoms with Crippen molar-refractivity contribution in [3.05, 3.63) is 12.7 Å². The minimum Gasteiger partial charge on any atom is -0.391 e. The van der Waals surface area contributed by atoms with Crippen LogP contribution in [0.3, 0.4) is 0 Å². The number of rotatable bonds is 5. The summed E-state index contributed by atoms with van der Waals surface area (Å²) in [7, 11) is -6.40. The van der Waals surface area contributed by atoms with E-state index in [9.17, 15) is 9.13 Å². The first-order valence-electron chi connectivity index (χ1n) is 3.56. The van der Waals surface area contributed by atoms with Gasteiger partial charge in [-0.1, -0.05) is 6.08 Å². The fourth-order valence-electron chi connectivity index (χ4n) is 0.363. The highest BCUT2D eigenvalue weighted by Gasteiger charge is 1.93. The van der Waals surface area contributed by atoms with Crippen molar-refractivity contribution in [3.8, 4) is 0 Å². The van der Waals surface area contributed by atoms with Crippen LogP contribution in [-0.4, -0.2) is 27.5 Å². The third kappa shape index (κ3) is 17.9. The second kappa shape index (κ2) is 11.1. The lowest BCUT2D eigenvalue weighted by Gasteiger charge is -1.99. The zero-order valence-corrected chi connectivity index (χ0v) is 9.42. The van der Waals surface area contributed by atoms with E-state index in [0.717, 1.165) is 0 Å². The summed E-state index contributed by atoms with van der Waals surface area (Å²) in [6.07, 6.45) is 1.85.